The van der Waals surface area contributed by atoms with Crippen molar-refractivity contribution < 1.29 is 13.2 Å². The van der Waals surface area contributed by atoms with Crippen molar-refractivity contribution in [2.24, 2.45) is 5.14 Å². The summed E-state index contributed by atoms with van der Waals surface area (Å²) < 4.78 is 22.4. The maximum absolute atomic E-state index is 11.7. The van der Waals surface area contributed by atoms with Gasteiger partial charge in [-0.25, -0.2) is 13.6 Å². The van der Waals surface area contributed by atoms with E-state index in [0.29, 0.717) is 11.1 Å². The van der Waals surface area contributed by atoms with Gasteiger partial charge in [-0.15, -0.1) is 0 Å². The number of carbonyl (C=O) groups is 1. The lowest BCUT2D eigenvalue weighted by Crippen LogP contribution is -2.22. The molecule has 100 valence electrons. The average molecular weight is 296 g/mol. The van der Waals surface area contributed by atoms with Crippen LogP contribution in [0.5, 0.6) is 0 Å². The van der Waals surface area contributed by atoms with E-state index in [1.807, 2.05) is 5.38 Å². The van der Waals surface area contributed by atoms with Crippen LogP contribution in [0.3, 0.4) is 0 Å². The molecule has 3 N–H and O–H groups in total. The van der Waals surface area contributed by atoms with E-state index in [4.69, 9.17) is 5.14 Å². The van der Waals surface area contributed by atoms with Gasteiger partial charge in [0.05, 0.1) is 4.90 Å². The molecule has 0 fully saturated rings. The van der Waals surface area contributed by atoms with Crippen LogP contribution in [-0.4, -0.2) is 14.3 Å². The van der Waals surface area contributed by atoms with Crippen LogP contribution in [-0.2, 0) is 16.6 Å². The molecule has 0 bridgehead atoms. The third-order valence-electron chi connectivity index (χ3n) is 2.46. The molecule has 1 aromatic heterocycles. The average Bonchev–Trinajstić information content (AvgIpc) is 2.89. The minimum absolute atomic E-state index is 0.0368. The molecule has 0 aliphatic carbocycles. The number of nitrogens with one attached hydrogen (secondary N) is 1. The standard InChI is InChI=1S/C12H12N2O3S2/c13-19(16,17)11-3-1-2-9(6-11)7-14-12(15)10-4-5-18-8-10/h1-6,8H,7H2,(H,14,15)(H2,13,16,17). The van der Waals surface area contributed by atoms with Gasteiger partial charge in [0.15, 0.2) is 0 Å². The van der Waals surface area contributed by atoms with Gasteiger partial charge in [-0.1, -0.05) is 12.1 Å². The number of amides is 1. The third kappa shape index (κ3) is 3.63. The molecule has 2 aromatic rings. The Morgan fingerprint density at radius 2 is 2.11 bits per heavy atom. The molecule has 0 spiro atoms. The lowest BCUT2D eigenvalue weighted by atomic mass is 10.2. The SMILES string of the molecule is NS(=O)(=O)c1cccc(CNC(=O)c2ccsc2)c1. The zero-order chi connectivity index (χ0) is 13.9. The number of primary sulfonamides is 1. The van der Waals surface area contributed by atoms with Gasteiger partial charge < -0.3 is 5.32 Å². The van der Waals surface area contributed by atoms with Crippen molar-refractivity contribution >= 4 is 27.3 Å². The minimum atomic E-state index is -3.72. The highest BCUT2D eigenvalue weighted by molar-refractivity contribution is 7.89. The van der Waals surface area contributed by atoms with Gasteiger partial charge in [-0.2, -0.15) is 11.3 Å². The quantitative estimate of drug-likeness (QED) is 0.892. The van der Waals surface area contributed by atoms with Crippen LogP contribution in [0.4, 0.5) is 0 Å². The molecular weight excluding hydrogens is 284 g/mol. The van der Waals surface area contributed by atoms with E-state index in [-0.39, 0.29) is 17.3 Å². The molecule has 0 aliphatic rings. The summed E-state index contributed by atoms with van der Waals surface area (Å²) in [6.45, 7) is 0.248. The van der Waals surface area contributed by atoms with Gasteiger partial charge in [0, 0.05) is 17.5 Å². The molecule has 5 nitrogen and oxygen atoms in total. The summed E-state index contributed by atoms with van der Waals surface area (Å²) in [4.78, 5) is 11.8. The molecule has 0 aliphatic heterocycles. The Bertz CT molecular complexity index is 679. The second kappa shape index (κ2) is 5.52. The molecule has 1 heterocycles. The molecule has 1 amide bonds. The molecule has 19 heavy (non-hydrogen) atoms. The fraction of sp³-hybridized carbons (Fsp3) is 0.0833. The Morgan fingerprint density at radius 3 is 2.74 bits per heavy atom. The smallest absolute Gasteiger partial charge is 0.252 e. The summed E-state index contributed by atoms with van der Waals surface area (Å²) in [5.41, 5.74) is 1.27. The zero-order valence-electron chi connectivity index (χ0n) is 9.87. The van der Waals surface area contributed by atoms with E-state index in [2.05, 4.69) is 5.32 Å². The van der Waals surface area contributed by atoms with Crippen molar-refractivity contribution in [1.29, 1.82) is 0 Å². The Morgan fingerprint density at radius 1 is 1.32 bits per heavy atom. The topological polar surface area (TPSA) is 89.3 Å². The maximum atomic E-state index is 11.7. The first kappa shape index (κ1) is 13.7. The van der Waals surface area contributed by atoms with E-state index < -0.39 is 10.0 Å². The van der Waals surface area contributed by atoms with Gasteiger partial charge in [-0.3, -0.25) is 4.79 Å². The minimum Gasteiger partial charge on any atom is -0.348 e. The predicted molar refractivity (Wildman–Crippen MR) is 73.3 cm³/mol. The van der Waals surface area contributed by atoms with Crippen molar-refractivity contribution in [2.75, 3.05) is 0 Å². The number of sulfonamides is 1. The molecule has 0 radical (unpaired) electrons. The van der Waals surface area contributed by atoms with Gasteiger partial charge in [0.25, 0.3) is 5.91 Å². The van der Waals surface area contributed by atoms with Gasteiger partial charge >= 0.3 is 0 Å². The van der Waals surface area contributed by atoms with Crippen LogP contribution in [0.1, 0.15) is 15.9 Å². The number of benzene rings is 1. The number of nitrogens with two attached hydrogens (primary N) is 1. The first-order valence-electron chi connectivity index (χ1n) is 5.39. The van der Waals surface area contributed by atoms with Crippen molar-refractivity contribution in [3.63, 3.8) is 0 Å². The van der Waals surface area contributed by atoms with E-state index in [0.717, 1.165) is 0 Å². The lowest BCUT2D eigenvalue weighted by molar-refractivity contribution is 0.0951. The number of thiophene rings is 1. The number of hydrogen-bond donors (Lipinski definition) is 2. The van der Waals surface area contributed by atoms with Gasteiger partial charge in [0.1, 0.15) is 0 Å². The number of hydrogen-bond acceptors (Lipinski definition) is 4. The molecule has 1 aromatic carbocycles. The third-order valence-corrected chi connectivity index (χ3v) is 4.06. The molecule has 2 rings (SSSR count). The van der Waals surface area contributed by atoms with E-state index in [1.54, 1.807) is 23.6 Å². The second-order valence-electron chi connectivity index (χ2n) is 3.89. The molecule has 0 saturated carbocycles. The van der Waals surface area contributed by atoms with Crippen molar-refractivity contribution in [2.45, 2.75) is 11.4 Å². The van der Waals surface area contributed by atoms with Crippen molar-refractivity contribution in [3.8, 4) is 0 Å². The first-order chi connectivity index (χ1) is 8.97. The van der Waals surface area contributed by atoms with Crippen LogP contribution >= 0.6 is 11.3 Å². The van der Waals surface area contributed by atoms with Crippen LogP contribution in [0.15, 0.2) is 46.0 Å². The summed E-state index contributed by atoms with van der Waals surface area (Å²) in [7, 11) is -3.72. The highest BCUT2D eigenvalue weighted by atomic mass is 32.2. The first-order valence-corrected chi connectivity index (χ1v) is 7.88. The molecule has 0 atom stereocenters. The molecule has 0 saturated heterocycles. The Kier molecular flexibility index (Phi) is 3.98. The molecular formula is C12H12N2O3S2. The van der Waals surface area contributed by atoms with Crippen LogP contribution in [0.25, 0.3) is 0 Å². The highest BCUT2D eigenvalue weighted by Gasteiger charge is 2.09. The van der Waals surface area contributed by atoms with Gasteiger partial charge in [0.2, 0.25) is 10.0 Å². The summed E-state index contributed by atoms with van der Waals surface area (Å²) >= 11 is 1.44. The maximum Gasteiger partial charge on any atom is 0.252 e. The van der Waals surface area contributed by atoms with Crippen LogP contribution in [0.2, 0.25) is 0 Å². The Balaban J connectivity index is 2.06. The van der Waals surface area contributed by atoms with E-state index >= 15 is 0 Å². The van der Waals surface area contributed by atoms with Crippen molar-refractivity contribution in [3.05, 3.63) is 52.2 Å². The van der Waals surface area contributed by atoms with Crippen molar-refractivity contribution in [1.82, 2.24) is 5.32 Å². The second-order valence-corrected chi connectivity index (χ2v) is 6.23. The Labute approximate surface area is 115 Å². The van der Waals surface area contributed by atoms with E-state index in [9.17, 15) is 13.2 Å². The number of rotatable bonds is 4. The fourth-order valence-corrected chi connectivity index (χ4v) is 2.73. The summed E-state index contributed by atoms with van der Waals surface area (Å²) in [5, 5.41) is 11.3. The normalized spacial score (nSPS) is 11.2. The van der Waals surface area contributed by atoms with Gasteiger partial charge in [-0.05, 0) is 29.1 Å². The monoisotopic (exact) mass is 296 g/mol. The predicted octanol–water partition coefficient (Wildman–Crippen LogP) is 1.33. The molecule has 7 heteroatoms. The highest BCUT2D eigenvalue weighted by Crippen LogP contribution is 2.10. The summed E-state index contributed by atoms with van der Waals surface area (Å²) in [6, 6.07) is 7.90. The summed E-state index contributed by atoms with van der Waals surface area (Å²) in [6.07, 6.45) is 0. The zero-order valence-corrected chi connectivity index (χ0v) is 11.5. The number of carbonyl (C=O) groups excluding carboxylic acids is 1. The molecule has 0 unspecified atom stereocenters. The largest absolute Gasteiger partial charge is 0.348 e. The van der Waals surface area contributed by atoms with Crippen LogP contribution in [0, 0.1) is 0 Å². The fourth-order valence-electron chi connectivity index (χ4n) is 1.51. The summed E-state index contributed by atoms with van der Waals surface area (Å²) in [5.74, 6) is -0.192. The Hall–Kier alpha value is -1.70. The lowest BCUT2D eigenvalue weighted by Gasteiger charge is -2.05. The van der Waals surface area contributed by atoms with Crippen LogP contribution < -0.4 is 10.5 Å². The van der Waals surface area contributed by atoms with E-state index in [1.165, 1.54) is 23.5 Å².